The van der Waals surface area contributed by atoms with E-state index in [-0.39, 0.29) is 23.3 Å². The minimum Gasteiger partial charge on any atom is -0.497 e. The van der Waals surface area contributed by atoms with Crippen molar-refractivity contribution >= 4 is 29.0 Å². The highest BCUT2D eigenvalue weighted by atomic mass is 35.5. The molecule has 0 N–H and O–H groups in total. The lowest BCUT2D eigenvalue weighted by atomic mass is 9.68. The number of benzene rings is 2. The number of carbonyl (C=O) groups is 2. The highest BCUT2D eigenvalue weighted by molar-refractivity contribution is 6.30. The van der Waals surface area contributed by atoms with Gasteiger partial charge in [-0.15, -0.1) is 0 Å². The molecule has 2 aliphatic heterocycles. The number of nitrogens with zero attached hydrogens (tertiary/aromatic N) is 1. The van der Waals surface area contributed by atoms with Crippen molar-refractivity contribution in [1.82, 2.24) is 0 Å². The number of ether oxygens (including phenoxy) is 3. The van der Waals surface area contributed by atoms with Crippen LogP contribution >= 0.6 is 11.6 Å². The van der Waals surface area contributed by atoms with Gasteiger partial charge in [0.25, 0.3) is 0 Å². The largest absolute Gasteiger partial charge is 0.497 e. The second kappa shape index (κ2) is 9.71. The molecule has 194 valence electrons. The fourth-order valence-electron chi connectivity index (χ4n) is 6.74. The molecule has 2 aliphatic carbocycles. The van der Waals surface area contributed by atoms with Crippen LogP contribution < -0.4 is 9.64 Å². The Labute approximate surface area is 222 Å². The van der Waals surface area contributed by atoms with Gasteiger partial charge in [0.1, 0.15) is 11.9 Å². The Hall–Kier alpha value is -2.99. The average Bonchev–Trinajstić information content (AvgIpc) is 3.03. The fourth-order valence-corrected chi connectivity index (χ4v) is 6.93. The highest BCUT2D eigenvalue weighted by Crippen LogP contribution is 2.47. The minimum atomic E-state index is -0.359. The lowest BCUT2D eigenvalue weighted by Crippen LogP contribution is -2.50. The fraction of sp³-hybridized carbons (Fsp3) is 0.467. The maximum Gasteiger partial charge on any atom is 0.337 e. The van der Waals surface area contributed by atoms with Crippen molar-refractivity contribution < 1.29 is 23.8 Å². The molecule has 2 unspecified atom stereocenters. The van der Waals surface area contributed by atoms with E-state index in [2.05, 4.69) is 17.0 Å². The summed E-state index contributed by atoms with van der Waals surface area (Å²) in [7, 11) is 1.40. The molecule has 0 aromatic heterocycles. The summed E-state index contributed by atoms with van der Waals surface area (Å²) < 4.78 is 17.4. The SMILES string of the molecule is COC(=O)c1ccc2c(c1)N(CC1CCC1[C@@H]1CC(=O)C=CO1)C[C@@]1(CCCc3cc(Cl)ccc31)CO2. The van der Waals surface area contributed by atoms with Crippen LogP contribution in [-0.2, 0) is 26.1 Å². The molecule has 6 rings (SSSR count). The summed E-state index contributed by atoms with van der Waals surface area (Å²) in [5.41, 5.74) is 3.86. The number of aryl methyl sites for hydroxylation is 1. The van der Waals surface area contributed by atoms with Gasteiger partial charge in [-0.2, -0.15) is 0 Å². The molecule has 1 saturated carbocycles. The van der Waals surface area contributed by atoms with Crippen LogP contribution in [0.1, 0.15) is 53.6 Å². The molecule has 2 aromatic rings. The molecular weight excluding hydrogens is 490 g/mol. The molecule has 0 bridgehead atoms. The maximum atomic E-state index is 12.4. The van der Waals surface area contributed by atoms with E-state index in [9.17, 15) is 9.59 Å². The summed E-state index contributed by atoms with van der Waals surface area (Å²) >= 11 is 6.37. The quantitative estimate of drug-likeness (QED) is 0.495. The normalized spacial score (nSPS) is 28.3. The Balaban J connectivity index is 1.36. The van der Waals surface area contributed by atoms with Gasteiger partial charge in [0.2, 0.25) is 0 Å². The lowest BCUT2D eigenvalue weighted by molar-refractivity contribution is -0.120. The van der Waals surface area contributed by atoms with Gasteiger partial charge in [0.05, 0.1) is 31.2 Å². The summed E-state index contributed by atoms with van der Waals surface area (Å²) in [5.74, 6) is 1.28. The van der Waals surface area contributed by atoms with Crippen molar-refractivity contribution in [2.24, 2.45) is 11.8 Å². The summed E-state index contributed by atoms with van der Waals surface area (Å²) in [6, 6.07) is 11.8. The highest BCUT2D eigenvalue weighted by Gasteiger charge is 2.45. The zero-order chi connectivity index (χ0) is 25.6. The Morgan fingerprint density at radius 1 is 1.22 bits per heavy atom. The first-order valence-corrected chi connectivity index (χ1v) is 13.6. The van der Waals surface area contributed by atoms with Crippen molar-refractivity contribution in [3.8, 4) is 5.75 Å². The van der Waals surface area contributed by atoms with E-state index >= 15 is 0 Å². The van der Waals surface area contributed by atoms with Gasteiger partial charge in [-0.3, -0.25) is 4.79 Å². The molecule has 2 heterocycles. The molecule has 37 heavy (non-hydrogen) atoms. The second-order valence-electron chi connectivity index (χ2n) is 10.9. The van der Waals surface area contributed by atoms with Gasteiger partial charge >= 0.3 is 5.97 Å². The number of fused-ring (bicyclic) bond motifs is 3. The van der Waals surface area contributed by atoms with Crippen LogP contribution in [-0.4, -0.2) is 44.7 Å². The Kier molecular flexibility index (Phi) is 6.39. The summed E-state index contributed by atoms with van der Waals surface area (Å²) in [5, 5.41) is 0.765. The Morgan fingerprint density at radius 2 is 2.11 bits per heavy atom. The minimum absolute atomic E-state index is 0.0631. The lowest BCUT2D eigenvalue weighted by Gasteiger charge is -2.46. The van der Waals surface area contributed by atoms with E-state index in [0.717, 1.165) is 61.7 Å². The van der Waals surface area contributed by atoms with Gasteiger partial charge in [-0.25, -0.2) is 4.79 Å². The van der Waals surface area contributed by atoms with Gasteiger partial charge < -0.3 is 19.1 Å². The third-order valence-corrected chi connectivity index (χ3v) is 9.01. The zero-order valence-corrected chi connectivity index (χ0v) is 21.8. The van der Waals surface area contributed by atoms with Crippen molar-refractivity contribution in [1.29, 1.82) is 0 Å². The van der Waals surface area contributed by atoms with E-state index in [1.165, 1.54) is 24.3 Å². The Bertz CT molecular complexity index is 1260. The van der Waals surface area contributed by atoms with Crippen molar-refractivity contribution in [2.45, 2.75) is 50.0 Å². The predicted octanol–water partition coefficient (Wildman–Crippen LogP) is 5.50. The number of rotatable bonds is 4. The van der Waals surface area contributed by atoms with E-state index in [0.29, 0.717) is 30.4 Å². The number of ketones is 1. The standard InChI is InChI=1S/C30H32ClNO5/c1-35-29(34)20-5-9-27-26(14-20)32(16-21-4-7-24(21)28-15-23(33)10-12-36-28)17-30(18-37-27)11-2-3-19-13-22(31)6-8-25(19)30/h5-6,8-10,12-14,21,24,28H,2-4,7,11,15-18H2,1H3/t21?,24?,28-,30-/m0/s1. The summed E-state index contributed by atoms with van der Waals surface area (Å²) in [6.07, 6.45) is 8.73. The molecule has 1 fully saturated rings. The number of allylic oxidation sites excluding steroid dienone is 1. The molecule has 0 amide bonds. The van der Waals surface area contributed by atoms with E-state index < -0.39 is 0 Å². The van der Waals surface area contributed by atoms with Gasteiger partial charge in [-0.05, 0) is 79.5 Å². The summed E-state index contributed by atoms with van der Waals surface area (Å²) in [6.45, 7) is 2.17. The maximum absolute atomic E-state index is 12.4. The first kappa shape index (κ1) is 24.4. The number of methoxy groups -OCH3 is 1. The van der Waals surface area contributed by atoms with Gasteiger partial charge in [-0.1, -0.05) is 17.7 Å². The number of halogens is 1. The van der Waals surface area contributed by atoms with E-state index in [1.54, 1.807) is 12.3 Å². The molecule has 4 atom stereocenters. The molecular formula is C30H32ClNO5. The van der Waals surface area contributed by atoms with Crippen molar-refractivity contribution in [3.05, 3.63) is 70.4 Å². The molecule has 6 nitrogen and oxygen atoms in total. The van der Waals surface area contributed by atoms with E-state index in [1.807, 2.05) is 18.2 Å². The molecule has 0 saturated heterocycles. The van der Waals surface area contributed by atoms with E-state index in [4.69, 9.17) is 25.8 Å². The average molecular weight is 522 g/mol. The van der Waals surface area contributed by atoms with Crippen LogP contribution in [0.5, 0.6) is 5.75 Å². The third kappa shape index (κ3) is 4.50. The summed E-state index contributed by atoms with van der Waals surface area (Å²) in [4.78, 5) is 26.9. The van der Waals surface area contributed by atoms with Gasteiger partial charge in [0.15, 0.2) is 5.78 Å². The number of hydrogen-bond acceptors (Lipinski definition) is 6. The topological polar surface area (TPSA) is 65.1 Å². The first-order valence-electron chi connectivity index (χ1n) is 13.2. The van der Waals surface area contributed by atoms with Crippen LogP contribution in [0, 0.1) is 11.8 Å². The van der Waals surface area contributed by atoms with Crippen molar-refractivity contribution in [2.75, 3.05) is 31.7 Å². The Morgan fingerprint density at radius 3 is 2.89 bits per heavy atom. The second-order valence-corrected chi connectivity index (χ2v) is 11.4. The smallest absolute Gasteiger partial charge is 0.337 e. The van der Waals surface area contributed by atoms with Crippen LogP contribution in [0.2, 0.25) is 5.02 Å². The van der Waals surface area contributed by atoms with Crippen molar-refractivity contribution in [3.63, 3.8) is 0 Å². The molecule has 1 spiro atoms. The van der Waals surface area contributed by atoms with Gasteiger partial charge in [0, 0.05) is 41.9 Å². The predicted molar refractivity (Wildman–Crippen MR) is 141 cm³/mol. The van der Waals surface area contributed by atoms with Crippen LogP contribution in [0.15, 0.2) is 48.7 Å². The monoisotopic (exact) mass is 521 g/mol. The molecule has 7 heteroatoms. The molecule has 4 aliphatic rings. The first-order chi connectivity index (χ1) is 18.0. The number of hydrogen-bond donors (Lipinski definition) is 0. The number of esters is 1. The molecule has 0 radical (unpaired) electrons. The number of carbonyl (C=O) groups excluding carboxylic acids is 2. The molecule has 2 aromatic carbocycles. The third-order valence-electron chi connectivity index (χ3n) is 8.78. The van der Waals surface area contributed by atoms with Crippen LogP contribution in [0.25, 0.3) is 0 Å². The zero-order valence-electron chi connectivity index (χ0n) is 21.1. The van der Waals surface area contributed by atoms with Crippen LogP contribution in [0.3, 0.4) is 0 Å². The van der Waals surface area contributed by atoms with Crippen LogP contribution in [0.4, 0.5) is 5.69 Å². The number of anilines is 1.